The molecule has 1 fully saturated rings. The van der Waals surface area contributed by atoms with E-state index in [1.165, 1.54) is 31.4 Å². The average Bonchev–Trinajstić information content (AvgIpc) is 2.42. The maximum atomic E-state index is 3.70. The van der Waals surface area contributed by atoms with Gasteiger partial charge in [-0.05, 0) is 42.9 Å². The minimum atomic E-state index is 0.510. The van der Waals surface area contributed by atoms with Crippen molar-refractivity contribution < 1.29 is 0 Å². The van der Waals surface area contributed by atoms with E-state index in [9.17, 15) is 0 Å². The first-order chi connectivity index (χ1) is 9.76. The number of benzene rings is 1. The fraction of sp³-hybridized carbons (Fsp3) is 0.667. The summed E-state index contributed by atoms with van der Waals surface area (Å²) in [5, 5.41) is 4.46. The Balaban J connectivity index is 2.11. The molecule has 1 N–H and O–H groups in total. The number of hydrogen-bond donors (Lipinski definition) is 1. The van der Waals surface area contributed by atoms with Crippen molar-refractivity contribution >= 4 is 11.8 Å². The molecule has 1 nitrogen and oxygen atoms in total. The zero-order chi connectivity index (χ0) is 14.4. The number of hydrogen-bond acceptors (Lipinski definition) is 2. The van der Waals surface area contributed by atoms with Crippen molar-refractivity contribution in [3.05, 3.63) is 35.4 Å². The van der Waals surface area contributed by atoms with E-state index in [-0.39, 0.29) is 0 Å². The van der Waals surface area contributed by atoms with E-state index in [1.54, 1.807) is 11.1 Å². The Morgan fingerprint density at radius 1 is 1.25 bits per heavy atom. The lowest BCUT2D eigenvalue weighted by molar-refractivity contribution is 0.413. The minimum Gasteiger partial charge on any atom is -0.310 e. The van der Waals surface area contributed by atoms with Gasteiger partial charge in [0, 0.05) is 17.0 Å². The van der Waals surface area contributed by atoms with E-state index in [0.29, 0.717) is 6.04 Å². The van der Waals surface area contributed by atoms with Crippen molar-refractivity contribution in [1.29, 1.82) is 0 Å². The molecule has 0 spiro atoms. The molecule has 1 saturated carbocycles. The molecule has 0 radical (unpaired) electrons. The molecule has 2 heteroatoms. The molecule has 1 aromatic rings. The zero-order valence-corrected chi connectivity index (χ0v) is 14.0. The van der Waals surface area contributed by atoms with Crippen molar-refractivity contribution in [3.8, 4) is 0 Å². The Kier molecular flexibility index (Phi) is 6.44. The Morgan fingerprint density at radius 2 is 2.00 bits per heavy atom. The Hall–Kier alpha value is -0.470. The molecule has 0 aliphatic heterocycles. The van der Waals surface area contributed by atoms with Crippen LogP contribution in [0.2, 0.25) is 0 Å². The quantitative estimate of drug-likeness (QED) is 0.712. The van der Waals surface area contributed by atoms with Gasteiger partial charge in [-0.25, -0.2) is 0 Å². The molecule has 2 atom stereocenters. The number of rotatable bonds is 8. The van der Waals surface area contributed by atoms with Gasteiger partial charge in [-0.2, -0.15) is 11.8 Å². The average molecular weight is 292 g/mol. The van der Waals surface area contributed by atoms with Gasteiger partial charge in [0.2, 0.25) is 0 Å². The molecule has 2 rings (SSSR count). The van der Waals surface area contributed by atoms with E-state index in [2.05, 4.69) is 62.1 Å². The predicted molar refractivity (Wildman–Crippen MR) is 91.7 cm³/mol. The molecule has 1 aromatic carbocycles. The van der Waals surface area contributed by atoms with Gasteiger partial charge in [0.15, 0.2) is 0 Å². The molecule has 2 unspecified atom stereocenters. The highest BCUT2D eigenvalue weighted by Gasteiger charge is 2.24. The summed E-state index contributed by atoms with van der Waals surface area (Å²) in [6.45, 7) is 7.88. The van der Waals surface area contributed by atoms with Crippen molar-refractivity contribution in [2.24, 2.45) is 0 Å². The van der Waals surface area contributed by atoms with Crippen LogP contribution in [0.15, 0.2) is 24.3 Å². The van der Waals surface area contributed by atoms with E-state index in [1.807, 2.05) is 0 Å². The third kappa shape index (κ3) is 4.02. The fourth-order valence-corrected chi connectivity index (χ4v) is 3.86. The summed E-state index contributed by atoms with van der Waals surface area (Å²) in [6.07, 6.45) is 5.43. The first-order valence-corrected chi connectivity index (χ1v) is 9.24. The highest BCUT2D eigenvalue weighted by atomic mass is 32.2. The van der Waals surface area contributed by atoms with E-state index in [0.717, 1.165) is 17.7 Å². The van der Waals surface area contributed by atoms with Crippen LogP contribution in [0.1, 0.15) is 69.5 Å². The predicted octanol–water partition coefficient (Wildman–Crippen LogP) is 5.14. The van der Waals surface area contributed by atoms with Crippen LogP contribution in [-0.4, -0.2) is 17.5 Å². The van der Waals surface area contributed by atoms with Gasteiger partial charge < -0.3 is 5.32 Å². The SMILES string of the molecule is CCNC(CSC(C)CC)c1ccccc1C1CCC1. The summed E-state index contributed by atoms with van der Waals surface area (Å²) in [5.41, 5.74) is 3.16. The van der Waals surface area contributed by atoms with E-state index in [4.69, 9.17) is 0 Å². The molecule has 1 aliphatic rings. The largest absolute Gasteiger partial charge is 0.310 e. The van der Waals surface area contributed by atoms with Gasteiger partial charge >= 0.3 is 0 Å². The van der Waals surface area contributed by atoms with Gasteiger partial charge in [0.25, 0.3) is 0 Å². The molecule has 0 amide bonds. The van der Waals surface area contributed by atoms with Crippen LogP contribution < -0.4 is 5.32 Å². The monoisotopic (exact) mass is 291 g/mol. The first kappa shape index (κ1) is 15.9. The summed E-state index contributed by atoms with van der Waals surface area (Å²) in [5.74, 6) is 2.01. The molecular weight excluding hydrogens is 262 g/mol. The van der Waals surface area contributed by atoms with Gasteiger partial charge in [0.1, 0.15) is 0 Å². The van der Waals surface area contributed by atoms with Gasteiger partial charge in [0.05, 0.1) is 0 Å². The van der Waals surface area contributed by atoms with Gasteiger partial charge in [-0.15, -0.1) is 0 Å². The number of nitrogens with one attached hydrogen (secondary N) is 1. The molecule has 0 saturated heterocycles. The fourth-order valence-electron chi connectivity index (χ4n) is 2.80. The van der Waals surface area contributed by atoms with Crippen molar-refractivity contribution in [3.63, 3.8) is 0 Å². The smallest absolute Gasteiger partial charge is 0.0414 e. The Morgan fingerprint density at radius 3 is 2.60 bits per heavy atom. The van der Waals surface area contributed by atoms with Crippen LogP contribution >= 0.6 is 11.8 Å². The lowest BCUT2D eigenvalue weighted by Gasteiger charge is -2.31. The lowest BCUT2D eigenvalue weighted by atomic mass is 9.77. The van der Waals surface area contributed by atoms with Crippen molar-refractivity contribution in [2.45, 2.75) is 63.7 Å². The summed E-state index contributed by atoms with van der Waals surface area (Å²) in [4.78, 5) is 0. The molecule has 20 heavy (non-hydrogen) atoms. The van der Waals surface area contributed by atoms with Crippen LogP contribution in [0, 0.1) is 0 Å². The zero-order valence-electron chi connectivity index (χ0n) is 13.2. The van der Waals surface area contributed by atoms with Crippen molar-refractivity contribution in [2.75, 3.05) is 12.3 Å². The highest BCUT2D eigenvalue weighted by molar-refractivity contribution is 7.99. The second-order valence-corrected chi connectivity index (χ2v) is 7.39. The molecule has 112 valence electrons. The van der Waals surface area contributed by atoms with Crippen molar-refractivity contribution in [1.82, 2.24) is 5.32 Å². The molecule has 0 aromatic heterocycles. The molecular formula is C18H29NS. The summed E-state index contributed by atoms with van der Waals surface area (Å²) in [7, 11) is 0. The molecule has 0 heterocycles. The topological polar surface area (TPSA) is 12.0 Å². The maximum Gasteiger partial charge on any atom is 0.0414 e. The number of thioether (sulfide) groups is 1. The third-order valence-corrected chi connectivity index (χ3v) is 5.92. The van der Waals surface area contributed by atoms with Gasteiger partial charge in [-0.1, -0.05) is 51.5 Å². The third-order valence-electron chi connectivity index (χ3n) is 4.49. The lowest BCUT2D eigenvalue weighted by Crippen LogP contribution is -2.26. The van der Waals surface area contributed by atoms with E-state index < -0.39 is 0 Å². The summed E-state index contributed by atoms with van der Waals surface area (Å²) < 4.78 is 0. The second-order valence-electron chi connectivity index (χ2n) is 5.92. The van der Waals surface area contributed by atoms with Crippen LogP contribution in [0.5, 0.6) is 0 Å². The van der Waals surface area contributed by atoms with Gasteiger partial charge in [-0.3, -0.25) is 0 Å². The van der Waals surface area contributed by atoms with Crippen LogP contribution in [0.25, 0.3) is 0 Å². The van der Waals surface area contributed by atoms with Crippen LogP contribution in [0.3, 0.4) is 0 Å². The normalized spacial score (nSPS) is 18.6. The summed E-state index contributed by atoms with van der Waals surface area (Å²) in [6, 6.07) is 9.63. The van der Waals surface area contributed by atoms with Crippen LogP contribution in [0.4, 0.5) is 0 Å². The summed E-state index contributed by atoms with van der Waals surface area (Å²) >= 11 is 2.10. The highest BCUT2D eigenvalue weighted by Crippen LogP contribution is 2.40. The maximum absolute atomic E-state index is 3.70. The standard InChI is InChI=1S/C18H29NS/c1-4-14(3)20-13-18(19-5-2)17-12-7-6-11-16(17)15-9-8-10-15/h6-7,11-12,14-15,18-19H,4-5,8-10,13H2,1-3H3. The minimum absolute atomic E-state index is 0.510. The van der Waals surface area contributed by atoms with E-state index >= 15 is 0 Å². The first-order valence-electron chi connectivity index (χ1n) is 8.20. The second kappa shape index (κ2) is 8.09. The molecule has 1 aliphatic carbocycles. The Labute approximate surface area is 128 Å². The molecule has 0 bridgehead atoms. The Bertz CT molecular complexity index is 400. The van der Waals surface area contributed by atoms with Crippen LogP contribution in [-0.2, 0) is 0 Å².